The largest absolute Gasteiger partial charge is 0.353 e. The zero-order valence-corrected chi connectivity index (χ0v) is 18.7. The lowest BCUT2D eigenvalue weighted by Crippen LogP contribution is -2.40. The Kier molecular flexibility index (Phi) is 8.66. The first-order valence-electron chi connectivity index (χ1n) is 9.35. The normalized spacial score (nSPS) is 12.7. The molecule has 0 aliphatic heterocycles. The fourth-order valence-corrected chi connectivity index (χ4v) is 4.93. The maximum atomic E-state index is 12.4. The van der Waals surface area contributed by atoms with E-state index in [4.69, 9.17) is 0 Å². The van der Waals surface area contributed by atoms with Gasteiger partial charge in [-0.05, 0) is 36.3 Å². The molecule has 0 saturated carbocycles. The molecule has 0 aliphatic carbocycles. The van der Waals surface area contributed by atoms with Crippen molar-refractivity contribution in [3.63, 3.8) is 0 Å². The molecule has 5 nitrogen and oxygen atoms in total. The molecule has 152 valence electrons. The van der Waals surface area contributed by atoms with E-state index in [-0.39, 0.29) is 11.8 Å². The van der Waals surface area contributed by atoms with Crippen molar-refractivity contribution in [1.82, 2.24) is 10.2 Å². The molecule has 0 aliphatic rings. The molecule has 1 amide bonds. The number of nitrogens with one attached hydrogen (secondary N) is 1. The van der Waals surface area contributed by atoms with Gasteiger partial charge in [-0.25, -0.2) is 8.42 Å². The molecule has 0 saturated heterocycles. The smallest absolute Gasteiger partial charge is 0.235 e. The summed E-state index contributed by atoms with van der Waals surface area (Å²) in [6.45, 7) is 6.20. The van der Waals surface area contributed by atoms with E-state index in [1.54, 1.807) is 18.2 Å². The minimum atomic E-state index is -3.54. The van der Waals surface area contributed by atoms with Gasteiger partial charge in [0.2, 0.25) is 5.91 Å². The Balaban J connectivity index is 2.00. The van der Waals surface area contributed by atoms with Gasteiger partial charge in [0.05, 0.1) is 11.8 Å². The molecule has 2 rings (SSSR count). The van der Waals surface area contributed by atoms with Crippen LogP contribution in [0.4, 0.5) is 0 Å². The molecule has 1 N–H and O–H groups in total. The van der Waals surface area contributed by atoms with Crippen LogP contribution in [0, 0.1) is 0 Å². The number of carbonyl (C=O) groups is 1. The molecule has 7 heteroatoms. The van der Waals surface area contributed by atoms with Gasteiger partial charge in [0.1, 0.15) is 5.75 Å². The van der Waals surface area contributed by atoms with Crippen LogP contribution in [0.25, 0.3) is 0 Å². The van der Waals surface area contributed by atoms with Crippen LogP contribution >= 0.6 is 15.9 Å². The third kappa shape index (κ3) is 7.04. The van der Waals surface area contributed by atoms with Gasteiger partial charge < -0.3 is 5.32 Å². The number of rotatable bonds is 10. The average molecular weight is 467 g/mol. The number of amides is 1. The molecule has 0 bridgehead atoms. The number of hydrogen-bond donors (Lipinski definition) is 1. The summed E-state index contributed by atoms with van der Waals surface area (Å²) < 4.78 is 25.6. The number of sulfone groups is 1. The zero-order valence-electron chi connectivity index (χ0n) is 16.3. The number of hydrogen-bond acceptors (Lipinski definition) is 4. The Hall–Kier alpha value is -1.70. The number of likely N-dealkylation sites (N-methyl/N-ethyl adjacent to an activating group) is 1. The molecule has 2 aromatic carbocycles. The van der Waals surface area contributed by atoms with Crippen molar-refractivity contribution in [1.29, 1.82) is 0 Å². The third-order valence-electron chi connectivity index (χ3n) is 4.56. The first-order chi connectivity index (χ1) is 13.3. The minimum absolute atomic E-state index is 0.00735. The molecule has 0 heterocycles. The van der Waals surface area contributed by atoms with E-state index in [1.165, 1.54) is 0 Å². The molecule has 0 unspecified atom stereocenters. The van der Waals surface area contributed by atoms with Crippen LogP contribution in [0.3, 0.4) is 0 Å². The van der Waals surface area contributed by atoms with Gasteiger partial charge in [0.25, 0.3) is 0 Å². The van der Waals surface area contributed by atoms with Crippen molar-refractivity contribution in [3.8, 4) is 0 Å². The van der Waals surface area contributed by atoms with Crippen LogP contribution in [0.2, 0.25) is 0 Å². The standard InChI is InChI=1S/C21H27BrN2O3S/c1-3-24(4-2)20(18-10-6-5-7-11-18)14-23-21(25)16-28(26,27)15-17-9-8-12-19(22)13-17/h5-13,20H,3-4,14-16H2,1-2H3,(H,23,25)/t20-/m0/s1. The first-order valence-corrected chi connectivity index (χ1v) is 12.0. The lowest BCUT2D eigenvalue weighted by atomic mass is 10.1. The van der Waals surface area contributed by atoms with Crippen molar-refractivity contribution in [2.75, 3.05) is 25.4 Å². The predicted molar refractivity (Wildman–Crippen MR) is 117 cm³/mol. The van der Waals surface area contributed by atoms with Gasteiger partial charge in [-0.3, -0.25) is 9.69 Å². The summed E-state index contributed by atoms with van der Waals surface area (Å²) in [4.78, 5) is 14.6. The van der Waals surface area contributed by atoms with Gasteiger partial charge in [-0.2, -0.15) is 0 Å². The van der Waals surface area contributed by atoms with Crippen LogP contribution in [-0.2, 0) is 20.4 Å². The first kappa shape index (κ1) is 22.6. The predicted octanol–water partition coefficient (Wildman–Crippen LogP) is 3.56. The highest BCUT2D eigenvalue weighted by molar-refractivity contribution is 9.10. The Morgan fingerprint density at radius 1 is 1.07 bits per heavy atom. The Morgan fingerprint density at radius 2 is 1.75 bits per heavy atom. The second-order valence-electron chi connectivity index (χ2n) is 6.61. The summed E-state index contributed by atoms with van der Waals surface area (Å²) in [6, 6.07) is 17.1. The highest BCUT2D eigenvalue weighted by Gasteiger charge is 2.21. The van der Waals surface area contributed by atoms with Crippen LogP contribution in [0.5, 0.6) is 0 Å². The van der Waals surface area contributed by atoms with Crippen molar-refractivity contribution in [2.45, 2.75) is 25.6 Å². The monoisotopic (exact) mass is 466 g/mol. The number of carbonyl (C=O) groups excluding carboxylic acids is 1. The molecule has 2 aromatic rings. The quantitative estimate of drug-likeness (QED) is 0.581. The fourth-order valence-electron chi connectivity index (χ4n) is 3.19. The SMILES string of the molecule is CCN(CC)[C@@H](CNC(=O)CS(=O)(=O)Cc1cccc(Br)c1)c1ccccc1. The lowest BCUT2D eigenvalue weighted by molar-refractivity contribution is -0.118. The zero-order chi connectivity index (χ0) is 20.6. The molecule has 0 aromatic heterocycles. The maximum absolute atomic E-state index is 12.4. The summed E-state index contributed by atoms with van der Waals surface area (Å²) >= 11 is 3.33. The molecule has 0 fully saturated rings. The summed E-state index contributed by atoms with van der Waals surface area (Å²) in [5, 5.41) is 2.81. The molecular weight excluding hydrogens is 440 g/mol. The van der Waals surface area contributed by atoms with Gasteiger partial charge in [-0.15, -0.1) is 0 Å². The van der Waals surface area contributed by atoms with Crippen LogP contribution in [0.15, 0.2) is 59.1 Å². The molecule has 0 radical (unpaired) electrons. The maximum Gasteiger partial charge on any atom is 0.235 e. The molecular formula is C21H27BrN2O3S. The third-order valence-corrected chi connectivity index (χ3v) is 6.53. The highest BCUT2D eigenvalue weighted by atomic mass is 79.9. The van der Waals surface area contributed by atoms with E-state index in [2.05, 4.69) is 40.0 Å². The molecule has 28 heavy (non-hydrogen) atoms. The topological polar surface area (TPSA) is 66.5 Å². The highest BCUT2D eigenvalue weighted by Crippen LogP contribution is 2.19. The Labute approximate surface area is 176 Å². The van der Waals surface area contributed by atoms with Crippen molar-refractivity contribution in [2.24, 2.45) is 0 Å². The summed E-state index contributed by atoms with van der Waals surface area (Å²) in [6.07, 6.45) is 0. The van der Waals surface area contributed by atoms with Crippen molar-refractivity contribution >= 4 is 31.7 Å². The average Bonchev–Trinajstić information content (AvgIpc) is 2.65. The number of nitrogens with zero attached hydrogens (tertiary/aromatic N) is 1. The van der Waals surface area contributed by atoms with Gasteiger partial charge in [0.15, 0.2) is 9.84 Å². The van der Waals surface area contributed by atoms with E-state index >= 15 is 0 Å². The summed E-state index contributed by atoms with van der Waals surface area (Å²) in [5.74, 6) is -1.14. The second-order valence-corrected chi connectivity index (χ2v) is 9.59. The number of halogens is 1. The van der Waals surface area contributed by atoms with E-state index in [9.17, 15) is 13.2 Å². The van der Waals surface area contributed by atoms with Gasteiger partial charge in [0, 0.05) is 11.0 Å². The van der Waals surface area contributed by atoms with Crippen molar-refractivity contribution < 1.29 is 13.2 Å². The Bertz CT molecular complexity index is 868. The van der Waals surface area contributed by atoms with Crippen LogP contribution < -0.4 is 5.32 Å². The minimum Gasteiger partial charge on any atom is -0.353 e. The number of benzene rings is 2. The second kappa shape index (κ2) is 10.7. The van der Waals surface area contributed by atoms with E-state index < -0.39 is 21.5 Å². The van der Waals surface area contributed by atoms with Gasteiger partial charge >= 0.3 is 0 Å². The molecule has 1 atom stereocenters. The van der Waals surface area contributed by atoms with Gasteiger partial charge in [-0.1, -0.05) is 72.2 Å². The van der Waals surface area contributed by atoms with Crippen LogP contribution in [0.1, 0.15) is 31.0 Å². The van der Waals surface area contributed by atoms with E-state index in [0.29, 0.717) is 12.1 Å². The lowest BCUT2D eigenvalue weighted by Gasteiger charge is -2.30. The molecule has 0 spiro atoms. The van der Waals surface area contributed by atoms with Crippen LogP contribution in [-0.4, -0.2) is 44.6 Å². The Morgan fingerprint density at radius 3 is 2.36 bits per heavy atom. The fraction of sp³-hybridized carbons (Fsp3) is 0.381. The van der Waals surface area contributed by atoms with Crippen molar-refractivity contribution in [3.05, 3.63) is 70.2 Å². The summed E-state index contributed by atoms with van der Waals surface area (Å²) in [5.41, 5.74) is 1.76. The summed E-state index contributed by atoms with van der Waals surface area (Å²) in [7, 11) is -3.54. The van der Waals surface area contributed by atoms with E-state index in [1.807, 2.05) is 36.4 Å². The van der Waals surface area contributed by atoms with E-state index in [0.717, 1.165) is 23.1 Å².